The van der Waals surface area contributed by atoms with E-state index in [4.69, 9.17) is 0 Å². The third-order valence-electron chi connectivity index (χ3n) is 2.80. The first kappa shape index (κ1) is 14.6. The van der Waals surface area contributed by atoms with Gasteiger partial charge in [-0.1, -0.05) is 32.5 Å². The maximum absolute atomic E-state index is 11.9. The van der Waals surface area contributed by atoms with E-state index in [1.807, 2.05) is 32.4 Å². The highest BCUT2D eigenvalue weighted by Gasteiger charge is 2.22. The number of Topliss-reactive ketones (excluding diaryl/α,β-unsaturated/α-hetero) is 1. The predicted octanol–water partition coefficient (Wildman–Crippen LogP) is 1.98. The van der Waals surface area contributed by atoms with Gasteiger partial charge in [-0.15, -0.1) is 10.2 Å². The summed E-state index contributed by atoms with van der Waals surface area (Å²) in [6.07, 6.45) is 4.86. The van der Waals surface area contributed by atoms with Gasteiger partial charge in [0.05, 0.1) is 11.9 Å². The van der Waals surface area contributed by atoms with E-state index in [0.29, 0.717) is 22.4 Å². The zero-order chi connectivity index (χ0) is 14.8. The molecule has 0 aliphatic carbocycles. The summed E-state index contributed by atoms with van der Waals surface area (Å²) < 4.78 is 1.82. The zero-order valence-corrected chi connectivity index (χ0v) is 12.8. The van der Waals surface area contributed by atoms with Crippen LogP contribution in [0.25, 0.3) is 11.5 Å². The summed E-state index contributed by atoms with van der Waals surface area (Å²) in [7, 11) is 1.86. The Balaban J connectivity index is 2.12. The van der Waals surface area contributed by atoms with Crippen molar-refractivity contribution in [3.63, 3.8) is 0 Å². The van der Waals surface area contributed by atoms with Gasteiger partial charge in [-0.2, -0.15) is 0 Å². The Morgan fingerprint density at radius 1 is 1.30 bits per heavy atom. The molecule has 0 bridgehead atoms. The van der Waals surface area contributed by atoms with Crippen molar-refractivity contribution >= 4 is 17.5 Å². The molecule has 0 amide bonds. The van der Waals surface area contributed by atoms with Crippen molar-refractivity contribution in [3.05, 3.63) is 18.6 Å². The summed E-state index contributed by atoms with van der Waals surface area (Å²) in [5.74, 6) is 1.21. The van der Waals surface area contributed by atoms with Gasteiger partial charge >= 0.3 is 0 Å². The smallest absolute Gasteiger partial charge is 0.191 e. The van der Waals surface area contributed by atoms with E-state index in [2.05, 4.69) is 20.2 Å². The highest BCUT2D eigenvalue weighted by atomic mass is 32.2. The maximum atomic E-state index is 11.9. The number of carbonyl (C=O) groups is 1. The van der Waals surface area contributed by atoms with Gasteiger partial charge in [0.2, 0.25) is 0 Å². The van der Waals surface area contributed by atoms with E-state index in [0.717, 1.165) is 0 Å². The first-order valence-corrected chi connectivity index (χ1v) is 7.20. The number of rotatable bonds is 4. The molecular formula is C13H17N5OS. The largest absolute Gasteiger partial charge is 0.304 e. The standard InChI is InChI=1S/C13H17N5OS/c1-13(2,3)10(19)8-20-12-17-16-11(18(12)4)9-7-14-5-6-15-9/h5-7H,8H2,1-4H3. The quantitative estimate of drug-likeness (QED) is 0.802. The molecule has 6 nitrogen and oxygen atoms in total. The van der Waals surface area contributed by atoms with Gasteiger partial charge in [0, 0.05) is 24.9 Å². The fraction of sp³-hybridized carbons (Fsp3) is 0.462. The Morgan fingerprint density at radius 2 is 2.05 bits per heavy atom. The molecule has 0 atom stereocenters. The minimum Gasteiger partial charge on any atom is -0.304 e. The van der Waals surface area contributed by atoms with Crippen molar-refractivity contribution in [2.45, 2.75) is 25.9 Å². The normalized spacial score (nSPS) is 11.6. The summed E-state index contributed by atoms with van der Waals surface area (Å²) in [4.78, 5) is 20.1. The van der Waals surface area contributed by atoms with Gasteiger partial charge in [-0.3, -0.25) is 9.78 Å². The van der Waals surface area contributed by atoms with E-state index >= 15 is 0 Å². The second kappa shape index (κ2) is 5.70. The van der Waals surface area contributed by atoms with Crippen molar-refractivity contribution in [2.24, 2.45) is 12.5 Å². The number of ketones is 1. The van der Waals surface area contributed by atoms with Gasteiger partial charge in [0.1, 0.15) is 11.5 Å². The highest BCUT2D eigenvalue weighted by Crippen LogP contribution is 2.24. The van der Waals surface area contributed by atoms with E-state index < -0.39 is 0 Å². The average molecular weight is 291 g/mol. The first-order valence-electron chi connectivity index (χ1n) is 6.21. The molecule has 0 aromatic carbocycles. The van der Waals surface area contributed by atoms with Crippen LogP contribution in [0.3, 0.4) is 0 Å². The molecule has 2 aromatic rings. The molecule has 0 N–H and O–H groups in total. The molecular weight excluding hydrogens is 274 g/mol. The van der Waals surface area contributed by atoms with Crippen LogP contribution in [-0.2, 0) is 11.8 Å². The van der Waals surface area contributed by atoms with Gasteiger partial charge in [-0.25, -0.2) is 4.98 Å². The number of nitrogens with zero attached hydrogens (tertiary/aromatic N) is 5. The fourth-order valence-corrected chi connectivity index (χ4v) is 2.50. The summed E-state index contributed by atoms with van der Waals surface area (Å²) in [5.41, 5.74) is 0.329. The van der Waals surface area contributed by atoms with Crippen LogP contribution in [0, 0.1) is 5.41 Å². The summed E-state index contributed by atoms with van der Waals surface area (Å²) in [5, 5.41) is 8.90. The molecule has 2 rings (SSSR count). The minimum atomic E-state index is -0.334. The molecule has 7 heteroatoms. The van der Waals surface area contributed by atoms with Crippen LogP contribution in [-0.4, -0.2) is 36.3 Å². The third kappa shape index (κ3) is 3.22. The van der Waals surface area contributed by atoms with Crippen LogP contribution >= 0.6 is 11.8 Å². The summed E-state index contributed by atoms with van der Waals surface area (Å²) in [6, 6.07) is 0. The molecule has 0 saturated heterocycles. The third-order valence-corrected chi connectivity index (χ3v) is 3.82. The lowest BCUT2D eigenvalue weighted by molar-refractivity contribution is -0.123. The van der Waals surface area contributed by atoms with Gasteiger partial charge in [0.15, 0.2) is 11.0 Å². The van der Waals surface area contributed by atoms with Crippen LogP contribution in [0.1, 0.15) is 20.8 Å². The topological polar surface area (TPSA) is 73.6 Å². The summed E-state index contributed by atoms with van der Waals surface area (Å²) in [6.45, 7) is 5.74. The molecule has 0 spiro atoms. The Morgan fingerprint density at radius 3 is 2.65 bits per heavy atom. The Hall–Kier alpha value is -1.76. The number of aromatic nitrogens is 5. The van der Waals surface area contributed by atoms with Gasteiger partial charge < -0.3 is 4.57 Å². The monoisotopic (exact) mass is 291 g/mol. The van der Waals surface area contributed by atoms with Crippen LogP contribution in [0.4, 0.5) is 0 Å². The van der Waals surface area contributed by atoms with Crippen molar-refractivity contribution in [1.82, 2.24) is 24.7 Å². The second-order valence-corrected chi connectivity index (χ2v) is 6.36. The molecule has 0 saturated carbocycles. The molecule has 2 heterocycles. The number of hydrogen-bond donors (Lipinski definition) is 0. The van der Waals surface area contributed by atoms with Crippen LogP contribution in [0.5, 0.6) is 0 Å². The number of carbonyl (C=O) groups excluding carboxylic acids is 1. The van der Waals surface area contributed by atoms with Gasteiger partial charge in [0.25, 0.3) is 0 Å². The van der Waals surface area contributed by atoms with Crippen molar-refractivity contribution in [2.75, 3.05) is 5.75 Å². The van der Waals surface area contributed by atoms with E-state index in [-0.39, 0.29) is 11.2 Å². The van der Waals surface area contributed by atoms with Crippen molar-refractivity contribution < 1.29 is 4.79 Å². The van der Waals surface area contributed by atoms with Crippen molar-refractivity contribution in [1.29, 1.82) is 0 Å². The Bertz CT molecular complexity index is 603. The predicted molar refractivity (Wildman–Crippen MR) is 77.2 cm³/mol. The lowest BCUT2D eigenvalue weighted by Crippen LogP contribution is -2.22. The van der Waals surface area contributed by atoms with Gasteiger partial charge in [-0.05, 0) is 0 Å². The molecule has 0 aliphatic heterocycles. The maximum Gasteiger partial charge on any atom is 0.191 e. The molecule has 0 radical (unpaired) electrons. The Labute approximate surface area is 122 Å². The lowest BCUT2D eigenvalue weighted by Gasteiger charge is -2.15. The minimum absolute atomic E-state index is 0.187. The van der Waals surface area contributed by atoms with E-state index in [1.165, 1.54) is 11.8 Å². The molecule has 2 aromatic heterocycles. The molecule has 0 fully saturated rings. The van der Waals surface area contributed by atoms with Crippen LogP contribution in [0.2, 0.25) is 0 Å². The fourth-order valence-electron chi connectivity index (χ4n) is 1.42. The molecule has 20 heavy (non-hydrogen) atoms. The highest BCUT2D eigenvalue weighted by molar-refractivity contribution is 7.99. The van der Waals surface area contributed by atoms with Crippen molar-refractivity contribution in [3.8, 4) is 11.5 Å². The molecule has 106 valence electrons. The van der Waals surface area contributed by atoms with E-state index in [9.17, 15) is 4.79 Å². The zero-order valence-electron chi connectivity index (χ0n) is 12.0. The Kier molecular flexibility index (Phi) is 4.17. The lowest BCUT2D eigenvalue weighted by atomic mass is 9.92. The van der Waals surface area contributed by atoms with Crippen LogP contribution in [0.15, 0.2) is 23.7 Å². The van der Waals surface area contributed by atoms with Crippen LogP contribution < -0.4 is 0 Å². The average Bonchev–Trinajstić information content (AvgIpc) is 2.77. The first-order chi connectivity index (χ1) is 9.39. The SMILES string of the molecule is Cn1c(SCC(=O)C(C)(C)C)nnc1-c1cnccn1. The number of hydrogen-bond acceptors (Lipinski definition) is 6. The van der Waals surface area contributed by atoms with E-state index in [1.54, 1.807) is 18.6 Å². The number of thioether (sulfide) groups is 1. The second-order valence-electron chi connectivity index (χ2n) is 5.42. The molecule has 0 aliphatic rings. The molecule has 0 unspecified atom stereocenters. The summed E-state index contributed by atoms with van der Waals surface area (Å²) >= 11 is 1.39.